The van der Waals surface area contributed by atoms with Gasteiger partial charge in [-0.1, -0.05) is 0 Å². The topological polar surface area (TPSA) is 59.7 Å². The van der Waals surface area contributed by atoms with E-state index < -0.39 is 11.8 Å². The van der Waals surface area contributed by atoms with Crippen molar-refractivity contribution >= 4 is 5.97 Å². The van der Waals surface area contributed by atoms with Gasteiger partial charge in [-0.25, -0.2) is 9.18 Å². The van der Waals surface area contributed by atoms with Crippen LogP contribution in [-0.4, -0.2) is 18.2 Å². The maximum Gasteiger partial charge on any atom is 0.338 e. The van der Waals surface area contributed by atoms with Crippen molar-refractivity contribution in [2.75, 3.05) is 7.11 Å². The summed E-state index contributed by atoms with van der Waals surface area (Å²) in [6, 6.07) is 5.52. The Bertz CT molecular complexity index is 559. The number of carboxylic acids is 1. The highest BCUT2D eigenvalue weighted by atomic mass is 19.1. The molecule has 1 aromatic heterocycles. The Labute approximate surface area is 96.2 Å². The summed E-state index contributed by atoms with van der Waals surface area (Å²) in [5, 5.41) is 8.72. The van der Waals surface area contributed by atoms with E-state index in [2.05, 4.69) is 0 Å². The molecule has 1 N–H and O–H groups in total. The summed E-state index contributed by atoms with van der Waals surface area (Å²) in [4.78, 5) is 10.7. The number of ether oxygens (including phenoxy) is 1. The van der Waals surface area contributed by atoms with Gasteiger partial charge in [-0.05, 0) is 18.2 Å². The lowest BCUT2D eigenvalue weighted by Crippen LogP contribution is -1.91. The lowest BCUT2D eigenvalue weighted by Gasteiger charge is -2.02. The quantitative estimate of drug-likeness (QED) is 0.890. The van der Waals surface area contributed by atoms with Gasteiger partial charge in [-0.2, -0.15) is 0 Å². The molecule has 0 fully saturated rings. The molecule has 5 heteroatoms. The van der Waals surface area contributed by atoms with Gasteiger partial charge in [0.15, 0.2) is 0 Å². The van der Waals surface area contributed by atoms with E-state index in [1.165, 1.54) is 25.3 Å². The Hall–Kier alpha value is -2.30. The van der Waals surface area contributed by atoms with Gasteiger partial charge in [0.1, 0.15) is 23.6 Å². The highest BCUT2D eigenvalue weighted by Gasteiger charge is 2.13. The van der Waals surface area contributed by atoms with Crippen LogP contribution in [0.15, 0.2) is 34.9 Å². The molecule has 1 heterocycles. The third-order valence-corrected chi connectivity index (χ3v) is 2.29. The molecule has 0 saturated carbocycles. The van der Waals surface area contributed by atoms with Gasteiger partial charge < -0.3 is 14.3 Å². The number of carbonyl (C=O) groups is 1. The maximum absolute atomic E-state index is 13.6. The Morgan fingerprint density at radius 1 is 1.41 bits per heavy atom. The van der Waals surface area contributed by atoms with E-state index in [0.29, 0.717) is 5.75 Å². The lowest BCUT2D eigenvalue weighted by molar-refractivity contribution is 0.0696. The summed E-state index contributed by atoms with van der Waals surface area (Å²) in [5.74, 6) is -1.09. The van der Waals surface area contributed by atoms with Gasteiger partial charge in [0.05, 0.1) is 18.2 Å². The standard InChI is InChI=1S/C12H9FO4/c1-16-8-2-3-9(10(13)5-8)11-4-7(6-17-11)12(14)15/h2-6H,1H3,(H,14,15). The van der Waals surface area contributed by atoms with Gasteiger partial charge in [0, 0.05) is 6.07 Å². The molecular formula is C12H9FO4. The van der Waals surface area contributed by atoms with Crippen molar-refractivity contribution in [3.63, 3.8) is 0 Å². The number of aromatic carboxylic acids is 1. The van der Waals surface area contributed by atoms with Crippen molar-refractivity contribution in [3.05, 3.63) is 41.9 Å². The van der Waals surface area contributed by atoms with E-state index >= 15 is 0 Å². The molecule has 0 aliphatic heterocycles. The Morgan fingerprint density at radius 2 is 2.18 bits per heavy atom. The molecule has 0 radical (unpaired) electrons. The second-order valence-corrected chi connectivity index (χ2v) is 3.35. The van der Waals surface area contributed by atoms with Gasteiger partial charge in [-0.15, -0.1) is 0 Å². The van der Waals surface area contributed by atoms with Crippen LogP contribution in [0.5, 0.6) is 5.75 Å². The maximum atomic E-state index is 13.6. The van der Waals surface area contributed by atoms with Crippen LogP contribution in [0, 0.1) is 5.82 Å². The molecule has 2 aromatic rings. The fraction of sp³-hybridized carbons (Fsp3) is 0.0833. The number of benzene rings is 1. The van der Waals surface area contributed by atoms with E-state index in [-0.39, 0.29) is 16.9 Å². The Morgan fingerprint density at radius 3 is 2.71 bits per heavy atom. The van der Waals surface area contributed by atoms with Crippen LogP contribution < -0.4 is 4.74 Å². The molecule has 0 aliphatic carbocycles. The first-order valence-electron chi connectivity index (χ1n) is 4.77. The van der Waals surface area contributed by atoms with Crippen molar-refractivity contribution in [2.45, 2.75) is 0 Å². The first-order valence-corrected chi connectivity index (χ1v) is 4.77. The highest BCUT2D eigenvalue weighted by molar-refractivity contribution is 5.88. The van der Waals surface area contributed by atoms with Crippen LogP contribution in [0.1, 0.15) is 10.4 Å². The number of hydrogen-bond donors (Lipinski definition) is 1. The SMILES string of the molecule is COc1ccc(-c2cc(C(=O)O)co2)c(F)c1. The zero-order valence-electron chi connectivity index (χ0n) is 8.94. The minimum absolute atomic E-state index is 0.0183. The smallest absolute Gasteiger partial charge is 0.338 e. The summed E-state index contributed by atoms with van der Waals surface area (Å²) >= 11 is 0. The van der Waals surface area contributed by atoms with Gasteiger partial charge in [0.2, 0.25) is 0 Å². The van der Waals surface area contributed by atoms with Crippen molar-refractivity contribution < 1.29 is 23.4 Å². The molecule has 88 valence electrons. The van der Waals surface area contributed by atoms with Gasteiger partial charge in [-0.3, -0.25) is 0 Å². The molecule has 0 spiro atoms. The van der Waals surface area contributed by atoms with E-state index in [9.17, 15) is 9.18 Å². The van der Waals surface area contributed by atoms with Crippen molar-refractivity contribution in [3.8, 4) is 17.1 Å². The zero-order valence-corrected chi connectivity index (χ0v) is 8.94. The van der Waals surface area contributed by atoms with Crippen molar-refractivity contribution in [1.29, 1.82) is 0 Å². The molecule has 1 aromatic carbocycles. The summed E-state index contributed by atoms with van der Waals surface area (Å²) in [7, 11) is 1.43. The third-order valence-electron chi connectivity index (χ3n) is 2.29. The summed E-state index contributed by atoms with van der Waals surface area (Å²) in [6.45, 7) is 0. The fourth-order valence-corrected chi connectivity index (χ4v) is 1.41. The minimum Gasteiger partial charge on any atom is -0.497 e. The van der Waals surface area contributed by atoms with Crippen LogP contribution in [0.4, 0.5) is 4.39 Å². The molecule has 0 amide bonds. The average Bonchev–Trinajstić information content (AvgIpc) is 2.78. The molecule has 17 heavy (non-hydrogen) atoms. The zero-order chi connectivity index (χ0) is 12.4. The van der Waals surface area contributed by atoms with Gasteiger partial charge >= 0.3 is 5.97 Å². The van der Waals surface area contributed by atoms with E-state index in [1.807, 2.05) is 0 Å². The second-order valence-electron chi connectivity index (χ2n) is 3.35. The highest BCUT2D eigenvalue weighted by Crippen LogP contribution is 2.27. The molecule has 0 unspecified atom stereocenters. The number of carboxylic acid groups (broad SMARTS) is 1. The first kappa shape index (κ1) is 11.2. The molecule has 0 aliphatic rings. The van der Waals surface area contributed by atoms with Crippen LogP contribution in [-0.2, 0) is 0 Å². The van der Waals surface area contributed by atoms with E-state index in [0.717, 1.165) is 6.26 Å². The van der Waals surface area contributed by atoms with Crippen LogP contribution in [0.2, 0.25) is 0 Å². The van der Waals surface area contributed by atoms with Gasteiger partial charge in [0.25, 0.3) is 0 Å². The number of furan rings is 1. The molecular weight excluding hydrogens is 227 g/mol. The first-order chi connectivity index (χ1) is 8.11. The largest absolute Gasteiger partial charge is 0.497 e. The fourth-order valence-electron chi connectivity index (χ4n) is 1.41. The van der Waals surface area contributed by atoms with Crippen molar-refractivity contribution in [1.82, 2.24) is 0 Å². The molecule has 0 bridgehead atoms. The average molecular weight is 236 g/mol. The predicted octanol–water partition coefficient (Wildman–Crippen LogP) is 2.79. The molecule has 0 atom stereocenters. The Balaban J connectivity index is 2.42. The van der Waals surface area contributed by atoms with Crippen LogP contribution in [0.3, 0.4) is 0 Å². The minimum atomic E-state index is -1.12. The normalized spacial score (nSPS) is 10.2. The Kier molecular flexibility index (Phi) is 2.82. The molecule has 0 saturated heterocycles. The van der Waals surface area contributed by atoms with E-state index in [4.69, 9.17) is 14.3 Å². The second kappa shape index (κ2) is 4.29. The number of hydrogen-bond acceptors (Lipinski definition) is 3. The third kappa shape index (κ3) is 2.13. The number of halogens is 1. The number of rotatable bonds is 3. The summed E-state index contributed by atoms with van der Waals surface area (Å²) < 4.78 is 23.5. The predicted molar refractivity (Wildman–Crippen MR) is 57.6 cm³/mol. The van der Waals surface area contributed by atoms with Crippen molar-refractivity contribution in [2.24, 2.45) is 0 Å². The molecule has 2 rings (SSSR count). The summed E-state index contributed by atoms with van der Waals surface area (Å²) in [5.41, 5.74) is 0.175. The van der Waals surface area contributed by atoms with E-state index in [1.54, 1.807) is 6.07 Å². The monoisotopic (exact) mass is 236 g/mol. The van der Waals surface area contributed by atoms with Crippen LogP contribution in [0.25, 0.3) is 11.3 Å². The van der Waals surface area contributed by atoms with Crippen LogP contribution >= 0.6 is 0 Å². The number of methoxy groups -OCH3 is 1. The summed E-state index contributed by atoms with van der Waals surface area (Å²) in [6.07, 6.45) is 1.07. The lowest BCUT2D eigenvalue weighted by atomic mass is 10.1. The molecule has 4 nitrogen and oxygen atoms in total.